The summed E-state index contributed by atoms with van der Waals surface area (Å²) in [6.45, 7) is 4.51. The van der Waals surface area contributed by atoms with Crippen molar-refractivity contribution in [2.75, 3.05) is 19.5 Å². The molecule has 0 bridgehead atoms. The van der Waals surface area contributed by atoms with E-state index in [4.69, 9.17) is 9.47 Å². The summed E-state index contributed by atoms with van der Waals surface area (Å²) in [5.41, 5.74) is 1.58. The molecule has 8 heteroatoms. The largest absolute Gasteiger partial charge is 0.465 e. The number of esters is 2. The van der Waals surface area contributed by atoms with Crippen LogP contribution in [0.1, 0.15) is 49.4 Å². The fourth-order valence-electron chi connectivity index (χ4n) is 2.71. The number of carbonyl (C=O) groups is 3. The average Bonchev–Trinajstić information content (AvgIpc) is 2.98. The third-order valence-electron chi connectivity index (χ3n) is 4.05. The molecule has 2 aromatic rings. The van der Waals surface area contributed by atoms with Crippen LogP contribution in [0.2, 0.25) is 0 Å². The van der Waals surface area contributed by atoms with Gasteiger partial charge in [-0.15, -0.1) is 0 Å². The van der Waals surface area contributed by atoms with Gasteiger partial charge in [0.15, 0.2) is 6.61 Å². The number of ether oxygens (including phenoxy) is 2. The first-order chi connectivity index (χ1) is 12.8. The molecule has 1 aromatic carbocycles. The van der Waals surface area contributed by atoms with Crippen molar-refractivity contribution >= 4 is 28.5 Å². The number of rotatable bonds is 7. The summed E-state index contributed by atoms with van der Waals surface area (Å²) in [6.07, 6.45) is 0. The lowest BCUT2D eigenvalue weighted by Gasteiger charge is -2.08. The molecule has 0 aliphatic rings. The van der Waals surface area contributed by atoms with Crippen LogP contribution in [0.3, 0.4) is 0 Å². The highest BCUT2D eigenvalue weighted by Gasteiger charge is 2.24. The molecule has 0 saturated heterocycles. The summed E-state index contributed by atoms with van der Waals surface area (Å²) in [6, 6.07) is 6.42. The molecule has 0 amide bonds. The Morgan fingerprint density at radius 1 is 1.11 bits per heavy atom. The second kappa shape index (κ2) is 8.77. The standard InChI is InChI=1S/C19H21NO6S/c1-5-27(24)15-9-7-6-8-13(15)18(22)26-10-14(21)17-11(2)16(12(3)20-17)19(23)25-4/h6-9,20H,5,10H2,1-4H3/t27-/m1/s1. The number of aryl methyl sites for hydroxylation is 1. The fourth-order valence-corrected chi connectivity index (χ4v) is 3.65. The first-order valence-electron chi connectivity index (χ1n) is 8.27. The number of hydrogen-bond acceptors (Lipinski definition) is 6. The Kier molecular flexibility index (Phi) is 6.68. The molecular formula is C19H21NO6S. The summed E-state index contributed by atoms with van der Waals surface area (Å²) in [5.74, 6) is -1.39. The van der Waals surface area contributed by atoms with Crippen molar-refractivity contribution in [1.29, 1.82) is 0 Å². The number of ketones is 1. The lowest BCUT2D eigenvalue weighted by Crippen LogP contribution is -2.17. The lowest BCUT2D eigenvalue weighted by atomic mass is 10.1. The smallest absolute Gasteiger partial charge is 0.339 e. The number of aromatic nitrogens is 1. The molecule has 0 unspecified atom stereocenters. The van der Waals surface area contributed by atoms with Crippen LogP contribution < -0.4 is 0 Å². The molecule has 0 fully saturated rings. The Bertz CT molecular complexity index is 915. The second-order valence-corrected chi connectivity index (χ2v) is 7.45. The zero-order valence-electron chi connectivity index (χ0n) is 15.6. The molecule has 144 valence electrons. The zero-order valence-corrected chi connectivity index (χ0v) is 16.4. The highest BCUT2D eigenvalue weighted by molar-refractivity contribution is 7.85. The van der Waals surface area contributed by atoms with E-state index in [1.807, 2.05) is 0 Å². The van der Waals surface area contributed by atoms with Crippen LogP contribution in [0.4, 0.5) is 0 Å². The van der Waals surface area contributed by atoms with Crippen molar-refractivity contribution in [3.63, 3.8) is 0 Å². The van der Waals surface area contributed by atoms with Crippen molar-refractivity contribution in [1.82, 2.24) is 4.98 Å². The van der Waals surface area contributed by atoms with E-state index < -0.39 is 35.1 Å². The van der Waals surface area contributed by atoms with Crippen molar-refractivity contribution < 1.29 is 28.1 Å². The minimum atomic E-state index is -1.33. The third-order valence-corrected chi connectivity index (χ3v) is 5.43. The molecular weight excluding hydrogens is 370 g/mol. The molecule has 0 spiro atoms. The number of benzene rings is 1. The summed E-state index contributed by atoms with van der Waals surface area (Å²) in [4.78, 5) is 39.8. The van der Waals surface area contributed by atoms with Crippen LogP contribution in [0, 0.1) is 13.8 Å². The molecule has 2 rings (SSSR count). The monoisotopic (exact) mass is 391 g/mol. The van der Waals surface area contributed by atoms with E-state index in [1.165, 1.54) is 13.2 Å². The van der Waals surface area contributed by atoms with Crippen LogP contribution >= 0.6 is 0 Å². The number of hydrogen-bond donors (Lipinski definition) is 1. The summed E-state index contributed by atoms with van der Waals surface area (Å²) < 4.78 is 21.9. The fraction of sp³-hybridized carbons (Fsp3) is 0.316. The van der Waals surface area contributed by atoms with Gasteiger partial charge in [-0.05, 0) is 31.5 Å². The van der Waals surface area contributed by atoms with Crippen LogP contribution in [0.5, 0.6) is 0 Å². The normalized spacial score (nSPS) is 11.7. The van der Waals surface area contributed by atoms with Gasteiger partial charge in [-0.25, -0.2) is 9.59 Å². The van der Waals surface area contributed by atoms with E-state index in [-0.39, 0.29) is 16.8 Å². The average molecular weight is 391 g/mol. The van der Waals surface area contributed by atoms with Gasteiger partial charge < -0.3 is 14.5 Å². The molecule has 27 heavy (non-hydrogen) atoms. The molecule has 0 radical (unpaired) electrons. The van der Waals surface area contributed by atoms with Gasteiger partial charge in [0.25, 0.3) is 0 Å². The highest BCUT2D eigenvalue weighted by atomic mass is 32.2. The predicted molar refractivity (Wildman–Crippen MR) is 99.6 cm³/mol. The first-order valence-corrected chi connectivity index (χ1v) is 9.58. The topological polar surface area (TPSA) is 103 Å². The molecule has 0 aliphatic heterocycles. The van der Waals surface area contributed by atoms with Gasteiger partial charge in [0.05, 0.1) is 39.6 Å². The number of methoxy groups -OCH3 is 1. The van der Waals surface area contributed by atoms with Crippen molar-refractivity contribution in [3.8, 4) is 0 Å². The summed E-state index contributed by atoms with van der Waals surface area (Å²) in [7, 11) is -0.0668. The van der Waals surface area contributed by atoms with Gasteiger partial charge in [0.2, 0.25) is 5.78 Å². The van der Waals surface area contributed by atoms with E-state index in [9.17, 15) is 18.6 Å². The first kappa shape index (κ1) is 20.6. The van der Waals surface area contributed by atoms with Crippen LogP contribution in [0.25, 0.3) is 0 Å². The Morgan fingerprint density at radius 2 is 1.78 bits per heavy atom. The Hall–Kier alpha value is -2.74. The Balaban J connectivity index is 2.16. The van der Waals surface area contributed by atoms with Crippen LogP contribution in [-0.4, -0.2) is 46.4 Å². The van der Waals surface area contributed by atoms with E-state index in [2.05, 4.69) is 4.98 Å². The van der Waals surface area contributed by atoms with Crippen LogP contribution in [0.15, 0.2) is 29.2 Å². The van der Waals surface area contributed by atoms with Gasteiger partial charge in [-0.2, -0.15) is 0 Å². The minimum Gasteiger partial charge on any atom is -0.465 e. The Morgan fingerprint density at radius 3 is 2.41 bits per heavy atom. The quantitative estimate of drug-likeness (QED) is 0.575. The summed E-state index contributed by atoms with van der Waals surface area (Å²) in [5, 5.41) is 0. The molecule has 1 N–H and O–H groups in total. The van der Waals surface area contributed by atoms with E-state index in [1.54, 1.807) is 39.0 Å². The molecule has 1 aromatic heterocycles. The van der Waals surface area contributed by atoms with Crippen LogP contribution in [-0.2, 0) is 20.3 Å². The number of aromatic amines is 1. The van der Waals surface area contributed by atoms with Crippen molar-refractivity contribution in [2.24, 2.45) is 0 Å². The van der Waals surface area contributed by atoms with E-state index in [0.29, 0.717) is 21.9 Å². The lowest BCUT2D eigenvalue weighted by molar-refractivity contribution is 0.0469. The molecule has 1 heterocycles. The van der Waals surface area contributed by atoms with Gasteiger partial charge >= 0.3 is 11.9 Å². The minimum absolute atomic E-state index is 0.167. The number of carbonyl (C=O) groups excluding carboxylic acids is 3. The second-order valence-electron chi connectivity index (χ2n) is 5.75. The number of Topliss-reactive ketones (excluding diaryl/α,β-unsaturated/α-hetero) is 1. The van der Waals surface area contributed by atoms with Crippen molar-refractivity contribution in [2.45, 2.75) is 25.7 Å². The molecule has 0 saturated carbocycles. The predicted octanol–water partition coefficient (Wildman–Crippen LogP) is 2.59. The maximum Gasteiger partial charge on any atom is 0.339 e. The number of H-pyrrole nitrogens is 1. The zero-order chi connectivity index (χ0) is 20.1. The SMILES string of the molecule is CC[S@@](=O)c1ccccc1C(=O)OCC(=O)c1[nH]c(C)c(C(=O)OC)c1C. The molecule has 1 atom stereocenters. The highest BCUT2D eigenvalue weighted by Crippen LogP contribution is 2.20. The summed E-state index contributed by atoms with van der Waals surface area (Å²) >= 11 is 0. The Labute approximate surface area is 159 Å². The van der Waals surface area contributed by atoms with E-state index >= 15 is 0 Å². The van der Waals surface area contributed by atoms with Gasteiger partial charge in [-0.3, -0.25) is 9.00 Å². The number of nitrogens with one attached hydrogen (secondary N) is 1. The van der Waals surface area contributed by atoms with Crippen molar-refractivity contribution in [3.05, 3.63) is 52.3 Å². The van der Waals surface area contributed by atoms with Gasteiger partial charge in [0, 0.05) is 11.4 Å². The maximum absolute atomic E-state index is 12.4. The maximum atomic E-state index is 12.4. The molecule has 0 aliphatic carbocycles. The molecule has 7 nitrogen and oxygen atoms in total. The third kappa shape index (κ3) is 4.33. The van der Waals surface area contributed by atoms with Gasteiger partial charge in [-0.1, -0.05) is 19.1 Å². The van der Waals surface area contributed by atoms with E-state index in [0.717, 1.165) is 0 Å². The van der Waals surface area contributed by atoms with Gasteiger partial charge in [0.1, 0.15) is 0 Å².